The summed E-state index contributed by atoms with van der Waals surface area (Å²) in [6.45, 7) is 0.689. The van der Waals surface area contributed by atoms with Crippen molar-refractivity contribution in [2.45, 2.75) is 6.42 Å². The molecule has 2 amide bonds. The largest absolute Gasteiger partial charge is 0.387 e. The molecule has 0 saturated heterocycles. The molecule has 1 aliphatic rings. The molecule has 1 heterocycles. The Morgan fingerprint density at radius 3 is 2.70 bits per heavy atom. The summed E-state index contributed by atoms with van der Waals surface area (Å²) < 4.78 is 0. The molecule has 10 heavy (non-hydrogen) atoms. The summed E-state index contributed by atoms with van der Waals surface area (Å²) in [6, 6.07) is -0.237. The van der Waals surface area contributed by atoms with Gasteiger partial charge in [0.2, 0.25) is 0 Å². The molecule has 0 aromatic heterocycles. The summed E-state index contributed by atoms with van der Waals surface area (Å²) in [5.74, 6) is 0.443. The first kappa shape index (κ1) is 9.23. The number of nitrogens with two attached hydrogens (primary N) is 1. The van der Waals surface area contributed by atoms with Gasteiger partial charge in [-0.3, -0.25) is 0 Å². The highest BCUT2D eigenvalue weighted by atomic mass is 35.5. The lowest BCUT2D eigenvalue weighted by atomic mass is 10.3. The zero-order valence-corrected chi connectivity index (χ0v) is 6.52. The zero-order chi connectivity index (χ0) is 6.85. The molecular weight excluding hydrogens is 154 g/mol. The first-order valence-corrected chi connectivity index (χ1v) is 2.78. The SMILES string of the molecule is CN1CCC(N)=NC1=O.Cl. The molecule has 0 aliphatic carbocycles. The number of urea groups is 1. The number of amides is 2. The third-order valence-electron chi connectivity index (χ3n) is 1.27. The Bertz CT molecular complexity index is 168. The lowest BCUT2D eigenvalue weighted by Gasteiger charge is -2.18. The number of halogens is 1. The second kappa shape index (κ2) is 3.41. The smallest absolute Gasteiger partial charge is 0.344 e. The molecule has 1 rings (SSSR count). The van der Waals surface area contributed by atoms with Crippen LogP contribution < -0.4 is 5.73 Å². The van der Waals surface area contributed by atoms with E-state index in [0.29, 0.717) is 18.8 Å². The second-order valence-electron chi connectivity index (χ2n) is 2.06. The van der Waals surface area contributed by atoms with Crippen molar-refractivity contribution in [2.75, 3.05) is 13.6 Å². The Hall–Kier alpha value is -0.770. The van der Waals surface area contributed by atoms with Gasteiger partial charge in [-0.05, 0) is 0 Å². The van der Waals surface area contributed by atoms with Crippen LogP contribution in [0.2, 0.25) is 0 Å². The Morgan fingerprint density at radius 2 is 2.30 bits per heavy atom. The minimum atomic E-state index is -0.237. The molecule has 1 aliphatic heterocycles. The number of nitrogens with zero attached hydrogens (tertiary/aromatic N) is 2. The van der Waals surface area contributed by atoms with E-state index >= 15 is 0 Å². The molecule has 0 atom stereocenters. The fourth-order valence-electron chi connectivity index (χ4n) is 0.642. The van der Waals surface area contributed by atoms with Crippen LogP contribution in [-0.4, -0.2) is 30.4 Å². The summed E-state index contributed by atoms with van der Waals surface area (Å²) >= 11 is 0. The fourth-order valence-corrected chi connectivity index (χ4v) is 0.642. The predicted octanol–water partition coefficient (Wildman–Crippen LogP) is 0.221. The summed E-state index contributed by atoms with van der Waals surface area (Å²) in [5.41, 5.74) is 5.29. The van der Waals surface area contributed by atoms with Crippen LogP contribution >= 0.6 is 12.4 Å². The molecule has 4 nitrogen and oxygen atoms in total. The molecule has 0 radical (unpaired) electrons. The lowest BCUT2D eigenvalue weighted by molar-refractivity contribution is 0.217. The molecule has 5 heteroatoms. The number of carbonyl (C=O) groups excluding carboxylic acids is 1. The number of rotatable bonds is 0. The van der Waals surface area contributed by atoms with Crippen molar-refractivity contribution in [1.29, 1.82) is 0 Å². The molecular formula is C5H10ClN3O. The van der Waals surface area contributed by atoms with Crippen LogP contribution in [0.3, 0.4) is 0 Å². The van der Waals surface area contributed by atoms with Gasteiger partial charge in [0.25, 0.3) is 0 Å². The van der Waals surface area contributed by atoms with E-state index in [9.17, 15) is 4.79 Å². The van der Waals surface area contributed by atoms with Gasteiger partial charge in [0.1, 0.15) is 5.84 Å². The van der Waals surface area contributed by atoms with Crippen molar-refractivity contribution < 1.29 is 4.79 Å². The van der Waals surface area contributed by atoms with Gasteiger partial charge in [-0.2, -0.15) is 4.99 Å². The first-order chi connectivity index (χ1) is 4.20. The summed E-state index contributed by atoms with van der Waals surface area (Å²) in [5, 5.41) is 0. The van der Waals surface area contributed by atoms with Gasteiger partial charge >= 0.3 is 6.03 Å². The van der Waals surface area contributed by atoms with Crippen molar-refractivity contribution in [2.24, 2.45) is 10.7 Å². The van der Waals surface area contributed by atoms with E-state index in [-0.39, 0.29) is 18.4 Å². The average molecular weight is 164 g/mol. The van der Waals surface area contributed by atoms with Gasteiger partial charge in [0.05, 0.1) is 0 Å². The predicted molar refractivity (Wildman–Crippen MR) is 41.5 cm³/mol. The summed E-state index contributed by atoms with van der Waals surface area (Å²) in [7, 11) is 1.71. The molecule has 0 unspecified atom stereocenters. The molecule has 58 valence electrons. The van der Waals surface area contributed by atoms with Gasteiger partial charge in [0, 0.05) is 20.0 Å². The summed E-state index contributed by atoms with van der Waals surface area (Å²) in [4.78, 5) is 15.7. The number of hydrogen-bond acceptors (Lipinski definition) is 2. The van der Waals surface area contributed by atoms with Crippen molar-refractivity contribution in [1.82, 2.24) is 4.90 Å². The third-order valence-corrected chi connectivity index (χ3v) is 1.27. The van der Waals surface area contributed by atoms with Crippen LogP contribution in [-0.2, 0) is 0 Å². The highest BCUT2D eigenvalue weighted by Crippen LogP contribution is 1.98. The molecule has 0 aromatic rings. The molecule has 0 saturated carbocycles. The Morgan fingerprint density at radius 1 is 1.70 bits per heavy atom. The maximum atomic E-state index is 10.7. The van der Waals surface area contributed by atoms with E-state index in [1.807, 2.05) is 0 Å². The number of carbonyl (C=O) groups is 1. The van der Waals surface area contributed by atoms with Gasteiger partial charge in [0.15, 0.2) is 0 Å². The van der Waals surface area contributed by atoms with Crippen LogP contribution in [0.5, 0.6) is 0 Å². The maximum Gasteiger partial charge on any atom is 0.344 e. The maximum absolute atomic E-state index is 10.7. The minimum Gasteiger partial charge on any atom is -0.387 e. The van der Waals surface area contributed by atoms with Gasteiger partial charge < -0.3 is 10.6 Å². The summed E-state index contributed by atoms with van der Waals surface area (Å²) in [6.07, 6.45) is 0.697. The highest BCUT2D eigenvalue weighted by Gasteiger charge is 2.12. The van der Waals surface area contributed by atoms with Crippen LogP contribution in [0, 0.1) is 0 Å². The van der Waals surface area contributed by atoms with E-state index < -0.39 is 0 Å². The van der Waals surface area contributed by atoms with E-state index in [4.69, 9.17) is 5.73 Å². The zero-order valence-electron chi connectivity index (χ0n) is 5.70. The van der Waals surface area contributed by atoms with Crippen LogP contribution in [0.15, 0.2) is 4.99 Å². The fraction of sp³-hybridized carbons (Fsp3) is 0.600. The lowest BCUT2D eigenvalue weighted by Crippen LogP contribution is -2.34. The van der Waals surface area contributed by atoms with E-state index in [1.54, 1.807) is 7.05 Å². The number of aliphatic imine (C=N–C) groups is 1. The molecule has 0 spiro atoms. The molecule has 0 bridgehead atoms. The minimum absolute atomic E-state index is 0. The van der Waals surface area contributed by atoms with Crippen LogP contribution in [0.1, 0.15) is 6.42 Å². The highest BCUT2D eigenvalue weighted by molar-refractivity contribution is 5.94. The van der Waals surface area contributed by atoms with E-state index in [1.165, 1.54) is 4.90 Å². The standard InChI is InChI=1S/C5H9N3O.ClH/c1-8-3-2-4(6)7-5(8)9;/h2-3H2,1H3,(H2,6,7,9);1H. The van der Waals surface area contributed by atoms with Gasteiger partial charge in [-0.15, -0.1) is 12.4 Å². The van der Waals surface area contributed by atoms with E-state index in [2.05, 4.69) is 4.99 Å². The van der Waals surface area contributed by atoms with Crippen molar-refractivity contribution in [3.05, 3.63) is 0 Å². The van der Waals surface area contributed by atoms with Crippen molar-refractivity contribution in [3.8, 4) is 0 Å². The number of amidine groups is 1. The topological polar surface area (TPSA) is 58.7 Å². The molecule has 0 fully saturated rings. The average Bonchev–Trinajstić information content (AvgIpc) is 1.80. The quantitative estimate of drug-likeness (QED) is 0.556. The molecule has 0 aromatic carbocycles. The van der Waals surface area contributed by atoms with Crippen LogP contribution in [0.25, 0.3) is 0 Å². The third kappa shape index (κ3) is 1.88. The Kier molecular flexibility index (Phi) is 3.15. The van der Waals surface area contributed by atoms with Crippen molar-refractivity contribution >= 4 is 24.3 Å². The van der Waals surface area contributed by atoms with Crippen LogP contribution in [0.4, 0.5) is 4.79 Å². The van der Waals surface area contributed by atoms with Gasteiger partial charge in [-0.1, -0.05) is 0 Å². The van der Waals surface area contributed by atoms with E-state index in [0.717, 1.165) is 0 Å². The molecule has 2 N–H and O–H groups in total. The Labute approximate surface area is 65.5 Å². The first-order valence-electron chi connectivity index (χ1n) is 2.78. The monoisotopic (exact) mass is 163 g/mol. The Balaban J connectivity index is 0.000000810. The number of hydrogen-bond donors (Lipinski definition) is 1. The normalized spacial score (nSPS) is 17.9. The second-order valence-corrected chi connectivity index (χ2v) is 2.06. The van der Waals surface area contributed by atoms with Gasteiger partial charge in [-0.25, -0.2) is 4.79 Å². The van der Waals surface area contributed by atoms with Crippen molar-refractivity contribution in [3.63, 3.8) is 0 Å².